The summed E-state index contributed by atoms with van der Waals surface area (Å²) in [5, 5.41) is 8.16. The average Bonchev–Trinajstić information content (AvgIpc) is 3.11. The van der Waals surface area contributed by atoms with Gasteiger partial charge < -0.3 is 15.1 Å². The number of nitrogens with zero attached hydrogens (tertiary/aromatic N) is 4. The molecule has 0 aliphatic carbocycles. The zero-order valence-electron chi connectivity index (χ0n) is 15.9. The number of halogens is 2. The fourth-order valence-corrected chi connectivity index (χ4v) is 3.65. The fourth-order valence-electron chi connectivity index (χ4n) is 3.27. The summed E-state index contributed by atoms with van der Waals surface area (Å²) in [6, 6.07) is 7.08. The fraction of sp³-hybridized carbons (Fsp3) is 0.421. The Labute approximate surface area is 174 Å². The van der Waals surface area contributed by atoms with E-state index in [0.717, 1.165) is 18.4 Å². The van der Waals surface area contributed by atoms with E-state index in [1.165, 1.54) is 4.90 Å². The van der Waals surface area contributed by atoms with Gasteiger partial charge in [-0.15, -0.1) is 0 Å². The van der Waals surface area contributed by atoms with E-state index in [9.17, 15) is 9.59 Å². The van der Waals surface area contributed by atoms with Crippen LogP contribution < -0.4 is 5.32 Å². The minimum Gasteiger partial charge on any atom is -0.331 e. The number of carbonyl (C=O) groups is 2. The molecule has 1 aromatic heterocycles. The number of urea groups is 1. The highest BCUT2D eigenvalue weighted by Crippen LogP contribution is 2.27. The molecular formula is C19H23Cl2N5O2. The third-order valence-electron chi connectivity index (χ3n) is 4.76. The van der Waals surface area contributed by atoms with Crippen LogP contribution in [0.3, 0.4) is 0 Å². The molecule has 1 fully saturated rings. The van der Waals surface area contributed by atoms with Crippen molar-refractivity contribution in [2.24, 2.45) is 5.92 Å². The second-order valence-electron chi connectivity index (χ2n) is 7.04. The van der Waals surface area contributed by atoms with Gasteiger partial charge in [-0.05, 0) is 24.5 Å². The van der Waals surface area contributed by atoms with Crippen molar-refractivity contribution in [2.45, 2.75) is 19.4 Å². The highest BCUT2D eigenvalue weighted by atomic mass is 35.5. The molecule has 1 saturated heterocycles. The van der Waals surface area contributed by atoms with Crippen molar-refractivity contribution in [1.82, 2.24) is 19.6 Å². The zero-order valence-corrected chi connectivity index (χ0v) is 17.4. The zero-order chi connectivity index (χ0) is 20.3. The first kappa shape index (κ1) is 20.5. The summed E-state index contributed by atoms with van der Waals surface area (Å²) < 4.78 is 1.67. The quantitative estimate of drug-likeness (QED) is 0.816. The third-order valence-corrected chi connectivity index (χ3v) is 5.62. The largest absolute Gasteiger partial charge is 0.331 e. The molecule has 1 aliphatic rings. The molecule has 0 radical (unpaired) electrons. The second-order valence-corrected chi connectivity index (χ2v) is 7.82. The van der Waals surface area contributed by atoms with Gasteiger partial charge in [-0.1, -0.05) is 35.3 Å². The number of rotatable bonds is 4. The molecule has 1 aliphatic heterocycles. The van der Waals surface area contributed by atoms with Crippen molar-refractivity contribution >= 4 is 41.0 Å². The van der Waals surface area contributed by atoms with Gasteiger partial charge in [0.15, 0.2) is 0 Å². The molecule has 1 aromatic carbocycles. The Bertz CT molecular complexity index is 868. The topological polar surface area (TPSA) is 70.5 Å². The van der Waals surface area contributed by atoms with Crippen molar-refractivity contribution in [3.05, 3.63) is 46.1 Å². The second kappa shape index (κ2) is 8.84. The Morgan fingerprint density at radius 2 is 2.07 bits per heavy atom. The van der Waals surface area contributed by atoms with Gasteiger partial charge in [-0.3, -0.25) is 4.79 Å². The number of amides is 3. The first-order valence-corrected chi connectivity index (χ1v) is 9.84. The van der Waals surface area contributed by atoms with Gasteiger partial charge >= 0.3 is 6.03 Å². The van der Waals surface area contributed by atoms with Crippen LogP contribution >= 0.6 is 23.2 Å². The van der Waals surface area contributed by atoms with Crippen molar-refractivity contribution in [3.8, 4) is 0 Å². The van der Waals surface area contributed by atoms with Gasteiger partial charge in [-0.2, -0.15) is 5.10 Å². The summed E-state index contributed by atoms with van der Waals surface area (Å²) in [6.45, 7) is 1.47. The van der Waals surface area contributed by atoms with Crippen LogP contribution in [0.25, 0.3) is 0 Å². The van der Waals surface area contributed by atoms with E-state index in [1.807, 2.05) is 12.1 Å². The maximum absolute atomic E-state index is 12.8. The number of hydrogen-bond donors (Lipinski definition) is 1. The molecule has 0 saturated carbocycles. The first-order valence-electron chi connectivity index (χ1n) is 9.08. The molecule has 0 bridgehead atoms. The predicted octanol–water partition coefficient (Wildman–Crippen LogP) is 3.57. The van der Waals surface area contributed by atoms with E-state index in [2.05, 4.69) is 10.4 Å². The summed E-state index contributed by atoms with van der Waals surface area (Å²) in [6.07, 6.45) is 3.17. The summed E-state index contributed by atoms with van der Waals surface area (Å²) >= 11 is 12.3. The van der Waals surface area contributed by atoms with Gasteiger partial charge in [0.05, 0.1) is 28.7 Å². The predicted molar refractivity (Wildman–Crippen MR) is 110 cm³/mol. The molecule has 9 heteroatoms. The number of benzene rings is 1. The monoisotopic (exact) mass is 423 g/mol. The van der Waals surface area contributed by atoms with Gasteiger partial charge in [0.25, 0.3) is 0 Å². The maximum atomic E-state index is 12.8. The number of anilines is 1. The molecule has 3 amide bonds. The molecule has 2 heterocycles. The first-order chi connectivity index (χ1) is 13.4. The number of carbonyl (C=O) groups excluding carboxylic acids is 2. The van der Waals surface area contributed by atoms with E-state index >= 15 is 0 Å². The Hall–Kier alpha value is -2.25. The smallest absolute Gasteiger partial charge is 0.319 e. The summed E-state index contributed by atoms with van der Waals surface area (Å²) in [5.74, 6) is 0.211. The van der Waals surface area contributed by atoms with E-state index in [1.54, 1.807) is 42.0 Å². The van der Waals surface area contributed by atoms with Gasteiger partial charge in [0, 0.05) is 33.3 Å². The minimum atomic E-state index is -0.254. The van der Waals surface area contributed by atoms with Crippen molar-refractivity contribution in [2.75, 3.05) is 32.5 Å². The molecule has 2 aromatic rings. The lowest BCUT2D eigenvalue weighted by Gasteiger charge is -2.33. The minimum absolute atomic E-state index is 0.0712. The van der Waals surface area contributed by atoms with E-state index in [4.69, 9.17) is 23.2 Å². The average molecular weight is 424 g/mol. The lowest BCUT2D eigenvalue weighted by Crippen LogP contribution is -2.47. The van der Waals surface area contributed by atoms with Crippen LogP contribution in [0.2, 0.25) is 10.0 Å². The molecule has 3 rings (SSSR count). The van der Waals surface area contributed by atoms with Crippen LogP contribution in [0.1, 0.15) is 18.4 Å². The van der Waals surface area contributed by atoms with Crippen LogP contribution in [0.4, 0.5) is 10.6 Å². The Morgan fingerprint density at radius 1 is 1.29 bits per heavy atom. The van der Waals surface area contributed by atoms with Crippen molar-refractivity contribution < 1.29 is 9.59 Å². The lowest BCUT2D eigenvalue weighted by atomic mass is 9.97. The Kier molecular flexibility index (Phi) is 6.46. The Balaban J connectivity index is 1.68. The molecule has 0 unspecified atom stereocenters. The summed E-state index contributed by atoms with van der Waals surface area (Å²) in [5.41, 5.74) is 0.814. The third kappa shape index (κ3) is 4.59. The molecule has 0 spiro atoms. The molecule has 150 valence electrons. The SMILES string of the molecule is CN(C)C(=O)N1CCC[C@H](C(=O)Nc2ccnn2Cc2cccc(Cl)c2Cl)C1. The van der Waals surface area contributed by atoms with Gasteiger partial charge in [-0.25, -0.2) is 9.48 Å². The van der Waals surface area contributed by atoms with E-state index in [-0.39, 0.29) is 17.9 Å². The van der Waals surface area contributed by atoms with E-state index in [0.29, 0.717) is 35.5 Å². The van der Waals surface area contributed by atoms with Crippen LogP contribution in [-0.2, 0) is 11.3 Å². The van der Waals surface area contributed by atoms with Crippen LogP contribution in [-0.4, -0.2) is 58.7 Å². The van der Waals surface area contributed by atoms with Crippen LogP contribution in [0.5, 0.6) is 0 Å². The molecular weight excluding hydrogens is 401 g/mol. The van der Waals surface area contributed by atoms with Crippen LogP contribution in [0.15, 0.2) is 30.5 Å². The molecule has 7 nitrogen and oxygen atoms in total. The summed E-state index contributed by atoms with van der Waals surface area (Å²) in [4.78, 5) is 28.2. The summed E-state index contributed by atoms with van der Waals surface area (Å²) in [7, 11) is 3.43. The van der Waals surface area contributed by atoms with Gasteiger partial charge in [0.1, 0.15) is 5.82 Å². The number of nitrogens with one attached hydrogen (secondary N) is 1. The van der Waals surface area contributed by atoms with Crippen molar-refractivity contribution in [3.63, 3.8) is 0 Å². The van der Waals surface area contributed by atoms with Crippen LogP contribution in [0, 0.1) is 5.92 Å². The molecule has 1 N–H and O–H groups in total. The van der Waals surface area contributed by atoms with E-state index < -0.39 is 0 Å². The number of hydrogen-bond acceptors (Lipinski definition) is 3. The maximum Gasteiger partial charge on any atom is 0.319 e. The molecule has 1 atom stereocenters. The highest BCUT2D eigenvalue weighted by Gasteiger charge is 2.29. The molecule has 28 heavy (non-hydrogen) atoms. The highest BCUT2D eigenvalue weighted by molar-refractivity contribution is 6.42. The Morgan fingerprint density at radius 3 is 2.82 bits per heavy atom. The van der Waals surface area contributed by atoms with Crippen molar-refractivity contribution in [1.29, 1.82) is 0 Å². The lowest BCUT2D eigenvalue weighted by molar-refractivity contribution is -0.121. The normalized spacial score (nSPS) is 16.7. The number of likely N-dealkylation sites (tertiary alicyclic amines) is 1. The number of piperidine rings is 1. The van der Waals surface area contributed by atoms with Gasteiger partial charge in [0.2, 0.25) is 5.91 Å². The standard InChI is InChI=1S/C19H23Cl2N5O2/c1-24(2)19(28)25-10-4-6-14(11-25)18(27)23-16-8-9-22-26(16)12-13-5-3-7-15(20)17(13)21/h3,5,7-9,14H,4,6,10-12H2,1-2H3,(H,23,27)/t14-/m0/s1. The number of aromatic nitrogens is 2.